The molecule has 17 heavy (non-hydrogen) atoms. The number of pyridine rings is 1. The molecule has 1 aromatic rings. The molecule has 1 aromatic heterocycles. The van der Waals surface area contributed by atoms with Gasteiger partial charge in [-0.15, -0.1) is 0 Å². The SMILES string of the molecule is CNc1cccc(C(=O)NC(C)(C)COC)n1. The molecule has 0 bridgehead atoms. The van der Waals surface area contributed by atoms with E-state index < -0.39 is 5.54 Å². The number of carbonyl (C=O) groups excluding carboxylic acids is 1. The summed E-state index contributed by atoms with van der Waals surface area (Å²) in [5.41, 5.74) is -0.0237. The van der Waals surface area contributed by atoms with Gasteiger partial charge in [-0.3, -0.25) is 4.79 Å². The van der Waals surface area contributed by atoms with Gasteiger partial charge in [0.1, 0.15) is 11.5 Å². The minimum atomic E-state index is -0.414. The number of rotatable bonds is 5. The predicted octanol–water partition coefficient (Wildman–Crippen LogP) is 1.28. The van der Waals surface area contributed by atoms with E-state index in [9.17, 15) is 4.79 Å². The Labute approximate surface area is 102 Å². The summed E-state index contributed by atoms with van der Waals surface area (Å²) >= 11 is 0. The van der Waals surface area contributed by atoms with Crippen molar-refractivity contribution in [1.82, 2.24) is 10.3 Å². The van der Waals surface area contributed by atoms with Crippen LogP contribution in [0.25, 0.3) is 0 Å². The maximum atomic E-state index is 11.9. The highest BCUT2D eigenvalue weighted by Gasteiger charge is 2.21. The molecule has 5 heteroatoms. The normalized spacial score (nSPS) is 11.1. The molecule has 5 nitrogen and oxygen atoms in total. The van der Waals surface area contributed by atoms with Crippen LogP contribution in [0, 0.1) is 0 Å². The van der Waals surface area contributed by atoms with Crippen LogP contribution in [0.2, 0.25) is 0 Å². The zero-order valence-corrected chi connectivity index (χ0v) is 10.7. The lowest BCUT2D eigenvalue weighted by Gasteiger charge is -2.25. The van der Waals surface area contributed by atoms with Gasteiger partial charge in [-0.1, -0.05) is 6.07 Å². The van der Waals surface area contributed by atoms with Gasteiger partial charge in [-0.25, -0.2) is 4.98 Å². The molecule has 1 amide bonds. The van der Waals surface area contributed by atoms with Gasteiger partial charge in [-0.2, -0.15) is 0 Å². The molecule has 0 unspecified atom stereocenters. The largest absolute Gasteiger partial charge is 0.382 e. The molecule has 0 atom stereocenters. The first kappa shape index (κ1) is 13.4. The number of hydrogen-bond acceptors (Lipinski definition) is 4. The minimum Gasteiger partial charge on any atom is -0.382 e. The van der Waals surface area contributed by atoms with Crippen molar-refractivity contribution in [2.75, 3.05) is 26.1 Å². The average molecular weight is 237 g/mol. The van der Waals surface area contributed by atoms with Crippen LogP contribution >= 0.6 is 0 Å². The summed E-state index contributed by atoms with van der Waals surface area (Å²) in [5.74, 6) is 0.464. The molecule has 2 N–H and O–H groups in total. The van der Waals surface area contributed by atoms with Gasteiger partial charge in [0.05, 0.1) is 12.1 Å². The van der Waals surface area contributed by atoms with Crippen molar-refractivity contribution in [2.24, 2.45) is 0 Å². The van der Waals surface area contributed by atoms with Crippen molar-refractivity contribution in [2.45, 2.75) is 19.4 Å². The number of aromatic nitrogens is 1. The Morgan fingerprint density at radius 3 is 2.76 bits per heavy atom. The van der Waals surface area contributed by atoms with Gasteiger partial charge in [0, 0.05) is 14.2 Å². The van der Waals surface area contributed by atoms with Crippen LogP contribution in [0.4, 0.5) is 5.82 Å². The number of carbonyl (C=O) groups is 1. The summed E-state index contributed by atoms with van der Waals surface area (Å²) < 4.78 is 5.04. The third-order valence-corrected chi connectivity index (χ3v) is 2.19. The van der Waals surface area contributed by atoms with Crippen molar-refractivity contribution in [3.05, 3.63) is 23.9 Å². The van der Waals surface area contributed by atoms with E-state index in [0.29, 0.717) is 18.1 Å². The quantitative estimate of drug-likeness (QED) is 0.809. The molecular formula is C12H19N3O2. The Bertz CT molecular complexity index is 391. The van der Waals surface area contributed by atoms with Crippen LogP contribution in [0.5, 0.6) is 0 Å². The summed E-state index contributed by atoms with van der Waals surface area (Å²) in [6, 6.07) is 5.27. The van der Waals surface area contributed by atoms with E-state index in [4.69, 9.17) is 4.74 Å². The van der Waals surface area contributed by atoms with E-state index in [2.05, 4.69) is 15.6 Å². The lowest BCUT2D eigenvalue weighted by atomic mass is 10.1. The van der Waals surface area contributed by atoms with E-state index >= 15 is 0 Å². The molecule has 0 aromatic carbocycles. The monoisotopic (exact) mass is 237 g/mol. The molecule has 0 radical (unpaired) electrons. The lowest BCUT2D eigenvalue weighted by Crippen LogP contribution is -2.47. The van der Waals surface area contributed by atoms with Gasteiger partial charge in [0.2, 0.25) is 0 Å². The molecule has 0 aliphatic carbocycles. The molecular weight excluding hydrogens is 218 g/mol. The zero-order chi connectivity index (χ0) is 12.9. The van der Waals surface area contributed by atoms with Crippen LogP contribution in [0.15, 0.2) is 18.2 Å². The first-order valence-corrected chi connectivity index (χ1v) is 5.45. The molecule has 1 heterocycles. The Balaban J connectivity index is 2.75. The summed E-state index contributed by atoms with van der Waals surface area (Å²) in [5, 5.41) is 5.76. The molecule has 0 aliphatic heterocycles. The predicted molar refractivity (Wildman–Crippen MR) is 67.2 cm³/mol. The lowest BCUT2D eigenvalue weighted by molar-refractivity contribution is 0.0815. The number of hydrogen-bond donors (Lipinski definition) is 2. The van der Waals surface area contributed by atoms with Crippen LogP contribution in [-0.4, -0.2) is 37.2 Å². The molecule has 0 spiro atoms. The smallest absolute Gasteiger partial charge is 0.270 e. The first-order chi connectivity index (χ1) is 7.98. The minimum absolute atomic E-state index is 0.204. The summed E-state index contributed by atoms with van der Waals surface area (Å²) in [7, 11) is 3.37. The highest BCUT2D eigenvalue weighted by molar-refractivity contribution is 5.93. The fourth-order valence-corrected chi connectivity index (χ4v) is 1.47. The zero-order valence-electron chi connectivity index (χ0n) is 10.7. The molecule has 0 fully saturated rings. The summed E-state index contributed by atoms with van der Waals surface area (Å²) in [4.78, 5) is 16.1. The van der Waals surface area contributed by atoms with E-state index in [1.165, 1.54) is 0 Å². The van der Waals surface area contributed by atoms with Crippen molar-refractivity contribution in [3.8, 4) is 0 Å². The standard InChI is InChI=1S/C12H19N3O2/c1-12(2,8-17-4)15-11(16)9-6-5-7-10(13-3)14-9/h5-7H,8H2,1-4H3,(H,13,14)(H,15,16). The van der Waals surface area contributed by atoms with Gasteiger partial charge in [-0.05, 0) is 26.0 Å². The van der Waals surface area contributed by atoms with Crippen molar-refractivity contribution in [1.29, 1.82) is 0 Å². The third-order valence-electron chi connectivity index (χ3n) is 2.19. The van der Waals surface area contributed by atoms with Crippen LogP contribution < -0.4 is 10.6 Å². The van der Waals surface area contributed by atoms with Crippen LogP contribution in [0.1, 0.15) is 24.3 Å². The van der Waals surface area contributed by atoms with Crippen LogP contribution in [-0.2, 0) is 4.74 Å². The number of methoxy groups -OCH3 is 1. The number of nitrogens with zero attached hydrogens (tertiary/aromatic N) is 1. The second-order valence-corrected chi connectivity index (χ2v) is 4.43. The van der Waals surface area contributed by atoms with Gasteiger partial charge >= 0.3 is 0 Å². The first-order valence-electron chi connectivity index (χ1n) is 5.45. The highest BCUT2D eigenvalue weighted by Crippen LogP contribution is 2.07. The molecule has 0 saturated carbocycles. The number of nitrogens with one attached hydrogen (secondary N) is 2. The molecule has 0 aliphatic rings. The average Bonchev–Trinajstić information content (AvgIpc) is 2.28. The maximum Gasteiger partial charge on any atom is 0.270 e. The Morgan fingerprint density at radius 2 is 2.18 bits per heavy atom. The third kappa shape index (κ3) is 4.03. The number of amides is 1. The summed E-state index contributed by atoms with van der Waals surface area (Å²) in [6.45, 7) is 4.25. The molecule has 0 saturated heterocycles. The van der Waals surface area contributed by atoms with E-state index in [0.717, 1.165) is 0 Å². The Hall–Kier alpha value is -1.62. The molecule has 94 valence electrons. The van der Waals surface area contributed by atoms with Crippen molar-refractivity contribution in [3.63, 3.8) is 0 Å². The van der Waals surface area contributed by atoms with E-state index in [-0.39, 0.29) is 5.91 Å². The fraction of sp³-hybridized carbons (Fsp3) is 0.500. The second kappa shape index (κ2) is 5.63. The second-order valence-electron chi connectivity index (χ2n) is 4.43. The van der Waals surface area contributed by atoms with Gasteiger partial charge in [0.25, 0.3) is 5.91 Å². The Morgan fingerprint density at radius 1 is 1.47 bits per heavy atom. The molecule has 1 rings (SSSR count). The topological polar surface area (TPSA) is 63.2 Å². The number of anilines is 1. The van der Waals surface area contributed by atoms with Crippen molar-refractivity contribution >= 4 is 11.7 Å². The summed E-state index contributed by atoms with van der Waals surface area (Å²) in [6.07, 6.45) is 0. The van der Waals surface area contributed by atoms with E-state index in [1.807, 2.05) is 13.8 Å². The van der Waals surface area contributed by atoms with Gasteiger partial charge < -0.3 is 15.4 Å². The maximum absolute atomic E-state index is 11.9. The Kier molecular flexibility index (Phi) is 4.45. The number of ether oxygens (including phenoxy) is 1. The highest BCUT2D eigenvalue weighted by atomic mass is 16.5. The van der Waals surface area contributed by atoms with E-state index in [1.54, 1.807) is 32.4 Å². The van der Waals surface area contributed by atoms with Gasteiger partial charge in [0.15, 0.2) is 0 Å². The van der Waals surface area contributed by atoms with Crippen LogP contribution in [0.3, 0.4) is 0 Å². The fourth-order valence-electron chi connectivity index (χ4n) is 1.47. The van der Waals surface area contributed by atoms with Crippen molar-refractivity contribution < 1.29 is 9.53 Å².